The number of nitrogens with one attached hydrogen (secondary N) is 2. The van der Waals surface area contributed by atoms with Crippen LogP contribution in [0.4, 0.5) is 20.3 Å². The van der Waals surface area contributed by atoms with Gasteiger partial charge in [0.15, 0.2) is 11.6 Å². The van der Waals surface area contributed by atoms with E-state index in [4.69, 9.17) is 4.98 Å². The molecule has 6 heteroatoms. The Bertz CT molecular complexity index is 995. The highest BCUT2D eigenvalue weighted by molar-refractivity contribution is 5.84. The molecule has 1 aliphatic carbocycles. The monoisotopic (exact) mass is 356 g/mol. The summed E-state index contributed by atoms with van der Waals surface area (Å²) in [5.74, 6) is -1.13. The highest BCUT2D eigenvalue weighted by Crippen LogP contribution is 2.35. The van der Waals surface area contributed by atoms with Gasteiger partial charge in [-0.05, 0) is 63.1 Å². The third-order valence-electron chi connectivity index (χ3n) is 5.55. The van der Waals surface area contributed by atoms with Gasteiger partial charge >= 0.3 is 0 Å². The van der Waals surface area contributed by atoms with Crippen LogP contribution in [-0.2, 0) is 19.9 Å². The lowest BCUT2D eigenvalue weighted by atomic mass is 9.81. The minimum Gasteiger partial charge on any atom is -0.340 e. The predicted molar refractivity (Wildman–Crippen MR) is 99.8 cm³/mol. The van der Waals surface area contributed by atoms with E-state index in [1.165, 1.54) is 17.3 Å². The van der Waals surface area contributed by atoms with Gasteiger partial charge in [0.1, 0.15) is 11.5 Å². The first-order valence-electron chi connectivity index (χ1n) is 8.78. The Kier molecular flexibility index (Phi) is 3.95. The number of hydrogen-bond donors (Lipinski definition) is 2. The van der Waals surface area contributed by atoms with Crippen LogP contribution in [0.2, 0.25) is 0 Å². The number of benzene rings is 1. The summed E-state index contributed by atoms with van der Waals surface area (Å²) in [7, 11) is 4.05. The summed E-state index contributed by atoms with van der Waals surface area (Å²) >= 11 is 0. The highest BCUT2D eigenvalue weighted by Gasteiger charge is 2.32. The standard InChI is InChI=1S/C20H22F2N4/c1-20(23-2)9-8-17-14(11-20)13-5-7-18(25-19(13)26(17)3)24-12-4-6-15(21)16(22)10-12/h4-7,10,23H,8-9,11H2,1-3H3,(H,24,25)/t20-/m1/s1. The first kappa shape index (κ1) is 17.0. The zero-order valence-corrected chi connectivity index (χ0v) is 15.2. The molecule has 1 atom stereocenters. The molecule has 3 aromatic rings. The molecule has 1 aliphatic rings. The SMILES string of the molecule is CN[C@]1(C)CCc2c(c3ccc(Nc4ccc(F)c(F)c4)nc3n2C)C1. The van der Waals surface area contributed by atoms with Gasteiger partial charge in [0.05, 0.1) is 0 Å². The Morgan fingerprint density at radius 1 is 1.15 bits per heavy atom. The number of hydrogen-bond acceptors (Lipinski definition) is 3. The van der Waals surface area contributed by atoms with Gasteiger partial charge in [-0.3, -0.25) is 0 Å². The van der Waals surface area contributed by atoms with Crippen molar-refractivity contribution in [1.82, 2.24) is 14.9 Å². The Morgan fingerprint density at radius 2 is 1.96 bits per heavy atom. The number of likely N-dealkylation sites (N-methyl/N-ethyl adjacent to an activating group) is 1. The first-order valence-corrected chi connectivity index (χ1v) is 8.78. The predicted octanol–water partition coefficient (Wildman–Crippen LogP) is 4.06. The number of aromatic nitrogens is 2. The zero-order valence-electron chi connectivity index (χ0n) is 15.2. The fourth-order valence-electron chi connectivity index (χ4n) is 3.82. The summed E-state index contributed by atoms with van der Waals surface area (Å²) < 4.78 is 28.7. The van der Waals surface area contributed by atoms with Crippen molar-refractivity contribution >= 4 is 22.5 Å². The van der Waals surface area contributed by atoms with Crippen LogP contribution in [-0.4, -0.2) is 22.1 Å². The quantitative estimate of drug-likeness (QED) is 0.744. The largest absolute Gasteiger partial charge is 0.340 e. The summed E-state index contributed by atoms with van der Waals surface area (Å²) in [6.45, 7) is 2.25. The highest BCUT2D eigenvalue weighted by atomic mass is 19.2. The molecular weight excluding hydrogens is 334 g/mol. The van der Waals surface area contributed by atoms with Gasteiger partial charge in [-0.2, -0.15) is 0 Å². The van der Waals surface area contributed by atoms with E-state index >= 15 is 0 Å². The lowest BCUT2D eigenvalue weighted by Gasteiger charge is -2.33. The van der Waals surface area contributed by atoms with Crippen LogP contribution in [0.25, 0.3) is 11.0 Å². The maximum atomic E-state index is 13.4. The number of nitrogens with zero attached hydrogens (tertiary/aromatic N) is 2. The summed E-state index contributed by atoms with van der Waals surface area (Å²) in [6.07, 6.45) is 3.06. The van der Waals surface area contributed by atoms with Gasteiger partial charge in [-0.15, -0.1) is 0 Å². The van der Waals surface area contributed by atoms with E-state index < -0.39 is 11.6 Å². The topological polar surface area (TPSA) is 41.9 Å². The van der Waals surface area contributed by atoms with Gasteiger partial charge in [-0.1, -0.05) is 0 Å². The van der Waals surface area contributed by atoms with Crippen LogP contribution >= 0.6 is 0 Å². The number of halogens is 2. The van der Waals surface area contributed by atoms with E-state index in [0.717, 1.165) is 42.4 Å². The average molecular weight is 356 g/mol. The molecule has 0 bridgehead atoms. The molecule has 4 nitrogen and oxygen atoms in total. The molecular formula is C20H22F2N4. The van der Waals surface area contributed by atoms with Crippen LogP contribution < -0.4 is 10.6 Å². The molecule has 2 N–H and O–H groups in total. The third-order valence-corrected chi connectivity index (χ3v) is 5.55. The fraction of sp³-hybridized carbons (Fsp3) is 0.350. The van der Waals surface area contributed by atoms with Crippen LogP contribution in [0.3, 0.4) is 0 Å². The molecule has 0 aliphatic heterocycles. The molecule has 0 saturated heterocycles. The van der Waals surface area contributed by atoms with Crippen LogP contribution in [0.15, 0.2) is 30.3 Å². The van der Waals surface area contributed by atoms with E-state index in [1.54, 1.807) is 0 Å². The van der Waals surface area contributed by atoms with E-state index in [-0.39, 0.29) is 5.54 Å². The summed E-state index contributed by atoms with van der Waals surface area (Å²) in [4.78, 5) is 4.72. The Morgan fingerprint density at radius 3 is 2.69 bits per heavy atom. The molecule has 0 amide bonds. The van der Waals surface area contributed by atoms with Gasteiger partial charge in [0.25, 0.3) is 0 Å². The Balaban J connectivity index is 1.72. The molecule has 136 valence electrons. The minimum absolute atomic E-state index is 0.101. The fourth-order valence-corrected chi connectivity index (χ4v) is 3.82. The Labute approximate surface area is 151 Å². The third kappa shape index (κ3) is 2.74. The molecule has 0 unspecified atom stereocenters. The normalized spacial score (nSPS) is 19.6. The smallest absolute Gasteiger partial charge is 0.160 e. The summed E-state index contributed by atoms with van der Waals surface area (Å²) in [5.41, 5.74) is 4.15. The molecule has 26 heavy (non-hydrogen) atoms. The van der Waals surface area contributed by atoms with Crippen molar-refractivity contribution in [3.8, 4) is 0 Å². The minimum atomic E-state index is -0.878. The van der Waals surface area contributed by atoms with Crippen LogP contribution in [0.1, 0.15) is 24.6 Å². The lowest BCUT2D eigenvalue weighted by molar-refractivity contribution is 0.336. The maximum Gasteiger partial charge on any atom is 0.160 e. The number of anilines is 2. The van der Waals surface area contributed by atoms with Gasteiger partial charge in [0, 0.05) is 35.4 Å². The molecule has 2 heterocycles. The summed E-state index contributed by atoms with van der Waals surface area (Å²) in [6, 6.07) is 7.68. The van der Waals surface area contributed by atoms with E-state index in [2.05, 4.69) is 28.2 Å². The van der Waals surface area contributed by atoms with Crippen LogP contribution in [0, 0.1) is 11.6 Å². The first-order chi connectivity index (χ1) is 12.4. The second kappa shape index (κ2) is 6.06. The number of rotatable bonds is 3. The van der Waals surface area contributed by atoms with Crippen molar-refractivity contribution in [2.45, 2.75) is 31.7 Å². The van der Waals surface area contributed by atoms with Crippen molar-refractivity contribution in [3.63, 3.8) is 0 Å². The van der Waals surface area contributed by atoms with Crippen molar-refractivity contribution in [2.75, 3.05) is 12.4 Å². The van der Waals surface area contributed by atoms with E-state index in [0.29, 0.717) is 11.5 Å². The van der Waals surface area contributed by atoms with E-state index in [9.17, 15) is 8.78 Å². The molecule has 0 spiro atoms. The maximum absolute atomic E-state index is 13.4. The molecule has 4 rings (SSSR count). The van der Waals surface area contributed by atoms with Gasteiger partial charge in [-0.25, -0.2) is 13.8 Å². The number of aryl methyl sites for hydroxylation is 1. The average Bonchev–Trinajstić information content (AvgIpc) is 2.90. The van der Waals surface area contributed by atoms with Crippen molar-refractivity contribution in [2.24, 2.45) is 7.05 Å². The van der Waals surface area contributed by atoms with Gasteiger partial charge in [0.2, 0.25) is 0 Å². The number of fused-ring (bicyclic) bond motifs is 3. The van der Waals surface area contributed by atoms with Crippen molar-refractivity contribution in [1.29, 1.82) is 0 Å². The molecule has 1 aromatic carbocycles. The van der Waals surface area contributed by atoms with Gasteiger partial charge < -0.3 is 15.2 Å². The molecule has 2 aromatic heterocycles. The summed E-state index contributed by atoms with van der Waals surface area (Å²) in [5, 5.41) is 7.65. The molecule has 0 saturated carbocycles. The molecule has 0 fully saturated rings. The second-order valence-corrected chi connectivity index (χ2v) is 7.29. The number of pyridine rings is 1. The Hall–Kier alpha value is -2.47. The van der Waals surface area contributed by atoms with E-state index in [1.807, 2.05) is 20.2 Å². The lowest BCUT2D eigenvalue weighted by Crippen LogP contribution is -2.44. The molecule has 0 radical (unpaired) electrons. The second-order valence-electron chi connectivity index (χ2n) is 7.29. The van der Waals surface area contributed by atoms with Crippen molar-refractivity contribution < 1.29 is 8.78 Å². The zero-order chi connectivity index (χ0) is 18.5. The van der Waals surface area contributed by atoms with Crippen LogP contribution in [0.5, 0.6) is 0 Å². The van der Waals surface area contributed by atoms with Crippen molar-refractivity contribution in [3.05, 3.63) is 53.2 Å².